The van der Waals surface area contributed by atoms with Crippen LogP contribution in [0.15, 0.2) is 41.1 Å². The fourth-order valence-electron chi connectivity index (χ4n) is 2.29. The van der Waals surface area contributed by atoms with Crippen molar-refractivity contribution < 1.29 is 18.8 Å². The molecule has 2 heterocycles. The van der Waals surface area contributed by atoms with Gasteiger partial charge in [0.1, 0.15) is 17.3 Å². The number of aryl methyl sites for hydroxylation is 1. The van der Waals surface area contributed by atoms with Crippen molar-refractivity contribution in [3.63, 3.8) is 0 Å². The summed E-state index contributed by atoms with van der Waals surface area (Å²) in [6, 6.07) is 7.92. The van der Waals surface area contributed by atoms with Crippen molar-refractivity contribution in [1.82, 2.24) is 15.1 Å². The monoisotopic (exact) mass is 373 g/mol. The van der Waals surface area contributed by atoms with Gasteiger partial charge in [-0.05, 0) is 31.2 Å². The Hall–Kier alpha value is -3.49. The van der Waals surface area contributed by atoms with Gasteiger partial charge in [0.15, 0.2) is 5.76 Å². The fraction of sp³-hybridized carbons (Fsp3) is 0.222. The largest absolute Gasteiger partial charge is 0.483 e. The van der Waals surface area contributed by atoms with E-state index in [4.69, 9.17) is 14.4 Å². The number of aromatic nitrogens is 3. The molecule has 9 heteroatoms. The van der Waals surface area contributed by atoms with Gasteiger partial charge in [-0.2, -0.15) is 4.98 Å². The topological polar surface area (TPSA) is 104 Å². The normalized spacial score (nSPS) is 9.93. The van der Waals surface area contributed by atoms with E-state index in [1.165, 1.54) is 12.1 Å². The number of hydrogen-bond donors (Lipinski definition) is 2. The van der Waals surface area contributed by atoms with E-state index in [0.717, 1.165) is 16.9 Å². The van der Waals surface area contributed by atoms with E-state index in [9.17, 15) is 4.39 Å². The lowest BCUT2D eigenvalue weighted by atomic mass is 10.1. The third-order valence-electron chi connectivity index (χ3n) is 3.49. The summed E-state index contributed by atoms with van der Waals surface area (Å²) in [7, 11) is 3.87. The van der Waals surface area contributed by atoms with Crippen LogP contribution in [0.5, 0.6) is 0 Å². The van der Waals surface area contributed by atoms with Gasteiger partial charge in [0.05, 0.1) is 6.54 Å². The maximum absolute atomic E-state index is 13.0. The predicted molar refractivity (Wildman–Crippen MR) is 99.0 cm³/mol. The molecule has 3 rings (SSSR count). The number of nitrogens with zero attached hydrogens (tertiary/aromatic N) is 4. The Morgan fingerprint density at radius 3 is 2.59 bits per heavy atom. The molecule has 0 amide bonds. The lowest BCUT2D eigenvalue weighted by Gasteiger charge is -2.14. The van der Waals surface area contributed by atoms with E-state index in [-0.39, 0.29) is 12.3 Å². The Labute approximate surface area is 155 Å². The first-order chi connectivity index (χ1) is 12.9. The minimum absolute atomic E-state index is 0.250. The molecular formula is C18H20FN5O3. The van der Waals surface area contributed by atoms with E-state index >= 15 is 0 Å². The van der Waals surface area contributed by atoms with Crippen LogP contribution in [0.25, 0.3) is 11.3 Å². The summed E-state index contributed by atoms with van der Waals surface area (Å²) in [5, 5.41) is 14.0. The second-order valence-corrected chi connectivity index (χ2v) is 5.74. The van der Waals surface area contributed by atoms with E-state index in [2.05, 4.69) is 20.4 Å². The number of anilines is 2. The quantitative estimate of drug-likeness (QED) is 0.658. The molecule has 0 aliphatic carbocycles. The van der Waals surface area contributed by atoms with Crippen LogP contribution in [-0.2, 0) is 11.3 Å². The number of rotatable bonds is 5. The average molecular weight is 373 g/mol. The molecule has 0 atom stereocenters. The van der Waals surface area contributed by atoms with Crippen LogP contribution in [0.2, 0.25) is 0 Å². The van der Waals surface area contributed by atoms with Crippen LogP contribution in [0, 0.1) is 12.7 Å². The average Bonchev–Trinajstić information content (AvgIpc) is 3.11. The highest BCUT2D eigenvalue weighted by molar-refractivity contribution is 5.58. The molecule has 0 fully saturated rings. The Morgan fingerprint density at radius 1 is 1.30 bits per heavy atom. The summed E-state index contributed by atoms with van der Waals surface area (Å²) in [6.07, 6.45) is 1.77. The van der Waals surface area contributed by atoms with Crippen LogP contribution in [-0.4, -0.2) is 40.8 Å². The van der Waals surface area contributed by atoms with E-state index in [1.807, 2.05) is 25.9 Å². The van der Waals surface area contributed by atoms with Gasteiger partial charge < -0.3 is 19.8 Å². The van der Waals surface area contributed by atoms with Gasteiger partial charge in [-0.3, -0.25) is 4.79 Å². The van der Waals surface area contributed by atoms with Crippen molar-refractivity contribution in [3.05, 3.63) is 53.7 Å². The minimum atomic E-state index is -0.280. The standard InChI is InChI=1S/C17H18FN5O.CH2O2/c1-11-9-19-17(21-16(11)23(2)3)20-10-14-8-15(22-24-14)12-4-6-13(18)7-5-12;2-1-3/h4-9H,10H2,1-3H3,(H,19,20,21);1H,(H,2,3). The molecule has 142 valence electrons. The maximum Gasteiger partial charge on any atom is 0.290 e. The van der Waals surface area contributed by atoms with Crippen LogP contribution in [0.1, 0.15) is 11.3 Å². The zero-order valence-corrected chi connectivity index (χ0v) is 15.2. The van der Waals surface area contributed by atoms with Crippen LogP contribution in [0.3, 0.4) is 0 Å². The van der Waals surface area contributed by atoms with E-state index in [0.29, 0.717) is 23.9 Å². The number of nitrogens with one attached hydrogen (secondary N) is 1. The third-order valence-corrected chi connectivity index (χ3v) is 3.49. The van der Waals surface area contributed by atoms with Gasteiger partial charge in [0, 0.05) is 37.5 Å². The Morgan fingerprint density at radius 2 is 1.96 bits per heavy atom. The highest BCUT2D eigenvalue weighted by Gasteiger charge is 2.09. The number of hydrogen-bond acceptors (Lipinski definition) is 7. The molecule has 2 aromatic heterocycles. The first kappa shape index (κ1) is 19.8. The van der Waals surface area contributed by atoms with Gasteiger partial charge in [-0.25, -0.2) is 9.37 Å². The zero-order chi connectivity index (χ0) is 19.8. The second-order valence-electron chi connectivity index (χ2n) is 5.74. The molecule has 0 saturated carbocycles. The summed E-state index contributed by atoms with van der Waals surface area (Å²) in [6.45, 7) is 2.12. The molecule has 27 heavy (non-hydrogen) atoms. The van der Waals surface area contributed by atoms with Crippen LogP contribution >= 0.6 is 0 Å². The lowest BCUT2D eigenvalue weighted by molar-refractivity contribution is -0.122. The number of carboxylic acid groups (broad SMARTS) is 1. The summed E-state index contributed by atoms with van der Waals surface area (Å²) >= 11 is 0. The van der Waals surface area contributed by atoms with Crippen molar-refractivity contribution in [2.75, 3.05) is 24.3 Å². The summed E-state index contributed by atoms with van der Waals surface area (Å²) in [4.78, 5) is 19.0. The van der Waals surface area contributed by atoms with Gasteiger partial charge >= 0.3 is 0 Å². The highest BCUT2D eigenvalue weighted by Crippen LogP contribution is 2.20. The van der Waals surface area contributed by atoms with Crippen molar-refractivity contribution in [3.8, 4) is 11.3 Å². The molecule has 0 radical (unpaired) electrons. The molecular weight excluding hydrogens is 353 g/mol. The van der Waals surface area contributed by atoms with E-state index < -0.39 is 0 Å². The molecule has 0 saturated heterocycles. The van der Waals surface area contributed by atoms with Gasteiger partial charge in [-0.1, -0.05) is 5.16 Å². The van der Waals surface area contributed by atoms with Crippen molar-refractivity contribution in [2.24, 2.45) is 0 Å². The number of halogens is 1. The first-order valence-electron chi connectivity index (χ1n) is 7.98. The van der Waals surface area contributed by atoms with Gasteiger partial charge in [0.25, 0.3) is 6.47 Å². The smallest absolute Gasteiger partial charge is 0.290 e. The van der Waals surface area contributed by atoms with Crippen molar-refractivity contribution in [1.29, 1.82) is 0 Å². The Bertz CT molecular complexity index is 881. The van der Waals surface area contributed by atoms with Crippen molar-refractivity contribution in [2.45, 2.75) is 13.5 Å². The van der Waals surface area contributed by atoms with Gasteiger partial charge in [0.2, 0.25) is 5.95 Å². The van der Waals surface area contributed by atoms with Crippen LogP contribution < -0.4 is 10.2 Å². The highest BCUT2D eigenvalue weighted by atomic mass is 19.1. The second kappa shape index (κ2) is 9.27. The minimum Gasteiger partial charge on any atom is -0.483 e. The molecule has 1 aromatic carbocycles. The number of carbonyl (C=O) groups is 1. The maximum atomic E-state index is 13.0. The molecule has 2 N–H and O–H groups in total. The number of benzene rings is 1. The fourth-order valence-corrected chi connectivity index (χ4v) is 2.29. The SMILES string of the molecule is Cc1cnc(NCc2cc(-c3ccc(F)cc3)no2)nc1N(C)C.O=CO. The molecule has 0 aliphatic rings. The Balaban J connectivity index is 0.000000817. The van der Waals surface area contributed by atoms with E-state index in [1.54, 1.807) is 24.4 Å². The molecule has 0 bridgehead atoms. The summed E-state index contributed by atoms with van der Waals surface area (Å²) < 4.78 is 18.3. The van der Waals surface area contributed by atoms with Crippen molar-refractivity contribution >= 4 is 18.2 Å². The third kappa shape index (κ3) is 5.50. The Kier molecular flexibility index (Phi) is 6.81. The first-order valence-corrected chi connectivity index (χ1v) is 7.98. The van der Waals surface area contributed by atoms with Crippen LogP contribution in [0.4, 0.5) is 16.2 Å². The molecule has 0 aliphatic heterocycles. The molecule has 8 nitrogen and oxygen atoms in total. The molecule has 3 aromatic rings. The molecule has 0 unspecified atom stereocenters. The predicted octanol–water partition coefficient (Wildman–Crippen LogP) is 2.96. The lowest BCUT2D eigenvalue weighted by Crippen LogP contribution is -2.14. The summed E-state index contributed by atoms with van der Waals surface area (Å²) in [5.41, 5.74) is 2.46. The summed E-state index contributed by atoms with van der Waals surface area (Å²) in [5.74, 6) is 1.74. The zero-order valence-electron chi connectivity index (χ0n) is 15.2. The van der Waals surface area contributed by atoms with Gasteiger partial charge in [-0.15, -0.1) is 0 Å². The molecule has 0 spiro atoms.